The minimum atomic E-state index is -4.21. The fourth-order valence-electron chi connectivity index (χ4n) is 0.687. The van der Waals surface area contributed by atoms with E-state index in [1.807, 2.05) is 0 Å². The van der Waals surface area contributed by atoms with Crippen LogP contribution in [0.4, 0.5) is 0 Å². The molecule has 6 nitrogen and oxygen atoms in total. The van der Waals surface area contributed by atoms with Gasteiger partial charge in [0.1, 0.15) is 5.75 Å². The first-order valence-corrected chi connectivity index (χ1v) is 4.81. The number of nitrogens with zero attached hydrogens (tertiary/aromatic N) is 3. The van der Waals surface area contributed by atoms with Crippen LogP contribution in [0.3, 0.4) is 0 Å². The van der Waals surface area contributed by atoms with Crippen molar-refractivity contribution in [1.82, 2.24) is 0 Å². The molecule has 1 aromatic rings. The summed E-state index contributed by atoms with van der Waals surface area (Å²) in [5.74, 6) is 0.181. The molecule has 7 heteroatoms. The summed E-state index contributed by atoms with van der Waals surface area (Å²) in [5.41, 5.74) is 7.93. The molecule has 0 aromatic heterocycles. The van der Waals surface area contributed by atoms with Crippen molar-refractivity contribution in [2.75, 3.05) is 0 Å². The lowest BCUT2D eigenvalue weighted by atomic mass is 10.3. The van der Waals surface area contributed by atoms with E-state index in [2.05, 4.69) is 14.3 Å². The van der Waals surface area contributed by atoms with E-state index in [1.54, 1.807) is 18.2 Å². The van der Waals surface area contributed by atoms with Gasteiger partial charge in [-0.3, -0.25) is 0 Å². The van der Waals surface area contributed by atoms with Crippen LogP contribution in [0.15, 0.2) is 35.2 Å². The second-order valence-corrected chi connectivity index (χ2v) is 3.42. The standard InChI is InChI=1S/C6H6N3O3P/c7-8-9-13(10,11)12-6-4-2-1-3-5-6/h1-5H,(H,10,11). The topological polar surface area (TPSA) is 95.3 Å². The molecule has 13 heavy (non-hydrogen) atoms. The van der Waals surface area contributed by atoms with Crippen LogP contribution in [0.2, 0.25) is 0 Å². The molecular weight excluding hydrogens is 193 g/mol. The third-order valence-corrected chi connectivity index (χ3v) is 1.88. The van der Waals surface area contributed by atoms with Gasteiger partial charge in [0.05, 0.1) is 0 Å². The van der Waals surface area contributed by atoms with Crippen molar-refractivity contribution in [3.05, 3.63) is 40.8 Å². The number of azide groups is 1. The number of hydrogen-bond donors (Lipinski definition) is 1. The molecule has 0 saturated heterocycles. The van der Waals surface area contributed by atoms with Gasteiger partial charge in [-0.25, -0.2) is 4.57 Å². The number of rotatable bonds is 3. The summed E-state index contributed by atoms with van der Waals surface area (Å²) < 4.78 is 15.4. The normalized spacial score (nSPS) is 13.9. The van der Waals surface area contributed by atoms with E-state index < -0.39 is 7.75 Å². The molecule has 0 radical (unpaired) electrons. The zero-order valence-corrected chi connectivity index (χ0v) is 7.33. The van der Waals surface area contributed by atoms with Gasteiger partial charge >= 0.3 is 7.75 Å². The van der Waals surface area contributed by atoms with Crippen molar-refractivity contribution in [3.8, 4) is 5.75 Å². The maximum atomic E-state index is 10.9. The van der Waals surface area contributed by atoms with Crippen molar-refractivity contribution >= 4 is 7.75 Å². The smallest absolute Gasteiger partial charge is 0.420 e. The van der Waals surface area contributed by atoms with E-state index in [0.29, 0.717) is 0 Å². The first-order valence-electron chi connectivity index (χ1n) is 3.28. The van der Waals surface area contributed by atoms with Crippen molar-refractivity contribution in [3.63, 3.8) is 0 Å². The highest BCUT2D eigenvalue weighted by Crippen LogP contribution is 2.43. The highest BCUT2D eigenvalue weighted by Gasteiger charge is 2.17. The molecule has 1 atom stereocenters. The first kappa shape index (κ1) is 9.61. The summed E-state index contributed by atoms with van der Waals surface area (Å²) in [4.78, 5) is 13.7. The van der Waals surface area contributed by atoms with Gasteiger partial charge in [0.15, 0.2) is 0 Å². The summed E-state index contributed by atoms with van der Waals surface area (Å²) in [6, 6.07) is 7.95. The van der Waals surface area contributed by atoms with Crippen LogP contribution >= 0.6 is 7.75 Å². The summed E-state index contributed by atoms with van der Waals surface area (Å²) in [6.07, 6.45) is 0. The van der Waals surface area contributed by atoms with Crippen molar-refractivity contribution in [1.29, 1.82) is 0 Å². The second kappa shape index (κ2) is 3.96. The van der Waals surface area contributed by atoms with Crippen molar-refractivity contribution in [2.45, 2.75) is 0 Å². The van der Waals surface area contributed by atoms with E-state index in [0.717, 1.165) is 0 Å². The molecule has 68 valence electrons. The predicted octanol–water partition coefficient (Wildman–Crippen LogP) is 2.48. The highest BCUT2D eigenvalue weighted by atomic mass is 31.2. The Kier molecular flexibility index (Phi) is 2.93. The molecule has 1 unspecified atom stereocenters. The van der Waals surface area contributed by atoms with Gasteiger partial charge in [-0.1, -0.05) is 18.2 Å². The van der Waals surface area contributed by atoms with Crippen molar-refractivity contribution < 1.29 is 14.0 Å². The molecule has 0 aliphatic heterocycles. The van der Waals surface area contributed by atoms with E-state index >= 15 is 0 Å². The summed E-state index contributed by atoms with van der Waals surface area (Å²) >= 11 is 0. The average molecular weight is 199 g/mol. The van der Waals surface area contributed by atoms with Crippen LogP contribution in [0.1, 0.15) is 0 Å². The van der Waals surface area contributed by atoms with Gasteiger partial charge in [-0.2, -0.15) is 0 Å². The minimum absolute atomic E-state index is 0.181. The Morgan fingerprint density at radius 1 is 1.46 bits per heavy atom. The number of benzene rings is 1. The lowest BCUT2D eigenvalue weighted by Gasteiger charge is -2.06. The average Bonchev–Trinajstić information content (AvgIpc) is 2.04. The molecule has 0 bridgehead atoms. The van der Waals surface area contributed by atoms with Gasteiger partial charge in [-0.05, 0) is 17.7 Å². The van der Waals surface area contributed by atoms with Crippen LogP contribution in [0, 0.1) is 0 Å². The van der Waals surface area contributed by atoms with Crippen LogP contribution in [0.5, 0.6) is 5.75 Å². The van der Waals surface area contributed by atoms with Crippen LogP contribution < -0.4 is 4.52 Å². The zero-order chi connectivity index (χ0) is 9.73. The maximum absolute atomic E-state index is 10.9. The van der Waals surface area contributed by atoms with Gasteiger partial charge in [-0.15, -0.1) is 0 Å². The lowest BCUT2D eigenvalue weighted by molar-refractivity contribution is 0.381. The Morgan fingerprint density at radius 3 is 2.62 bits per heavy atom. The largest absolute Gasteiger partial charge is 0.468 e. The zero-order valence-electron chi connectivity index (χ0n) is 6.44. The monoisotopic (exact) mass is 199 g/mol. The molecule has 1 aromatic carbocycles. The lowest BCUT2D eigenvalue weighted by Crippen LogP contribution is -1.87. The van der Waals surface area contributed by atoms with Gasteiger partial charge < -0.3 is 9.42 Å². The Balaban J connectivity index is 2.81. The molecule has 1 rings (SSSR count). The number of hydrogen-bond acceptors (Lipinski definition) is 2. The van der Waals surface area contributed by atoms with Gasteiger partial charge in [0.2, 0.25) is 0 Å². The van der Waals surface area contributed by atoms with E-state index in [-0.39, 0.29) is 5.75 Å². The quantitative estimate of drug-likeness (QED) is 0.350. The summed E-state index contributed by atoms with van der Waals surface area (Å²) in [7, 11) is -4.21. The summed E-state index contributed by atoms with van der Waals surface area (Å²) in [6.45, 7) is 0. The summed E-state index contributed by atoms with van der Waals surface area (Å²) in [5, 5.41) is 0. The maximum Gasteiger partial charge on any atom is 0.468 e. The minimum Gasteiger partial charge on any atom is -0.420 e. The predicted molar refractivity (Wildman–Crippen MR) is 46.0 cm³/mol. The molecule has 0 aliphatic rings. The Hall–Kier alpha value is -1.48. The van der Waals surface area contributed by atoms with Crippen LogP contribution in [-0.2, 0) is 4.57 Å². The highest BCUT2D eigenvalue weighted by molar-refractivity contribution is 7.51. The van der Waals surface area contributed by atoms with E-state index in [9.17, 15) is 4.57 Å². The van der Waals surface area contributed by atoms with Gasteiger partial charge in [0, 0.05) is 9.80 Å². The molecule has 0 aliphatic carbocycles. The van der Waals surface area contributed by atoms with Crippen LogP contribution in [0.25, 0.3) is 10.4 Å². The molecule has 0 amide bonds. The third kappa shape index (κ3) is 3.17. The Morgan fingerprint density at radius 2 is 2.08 bits per heavy atom. The second-order valence-electron chi connectivity index (χ2n) is 2.07. The molecular formula is C6H6N3O3P. The molecule has 0 heterocycles. The molecule has 1 N–H and O–H groups in total. The molecule has 0 saturated carbocycles. The Bertz CT molecular complexity index is 374. The first-order chi connectivity index (χ1) is 6.14. The van der Waals surface area contributed by atoms with Crippen LogP contribution in [-0.4, -0.2) is 4.89 Å². The van der Waals surface area contributed by atoms with Gasteiger partial charge in [0.25, 0.3) is 0 Å². The fourth-order valence-corrected chi connectivity index (χ4v) is 1.22. The molecule has 0 spiro atoms. The SMILES string of the molecule is [N-]=[N+]=NP(=O)(O)Oc1ccccc1. The van der Waals surface area contributed by atoms with E-state index in [1.165, 1.54) is 12.1 Å². The fraction of sp³-hybridized carbons (Fsp3) is 0. The number of para-hydroxylation sites is 1. The molecule has 0 fully saturated rings. The van der Waals surface area contributed by atoms with Crippen molar-refractivity contribution in [2.24, 2.45) is 4.88 Å². The van der Waals surface area contributed by atoms with E-state index in [4.69, 9.17) is 10.4 Å². The Labute approximate surface area is 74.0 Å². The third-order valence-electron chi connectivity index (χ3n) is 1.12.